The normalized spacial score (nSPS) is 19.7. The molecule has 1 heterocycles. The molecule has 18 heavy (non-hydrogen) atoms. The predicted molar refractivity (Wildman–Crippen MR) is 69.4 cm³/mol. The molecule has 2 rings (SSSR count). The van der Waals surface area contributed by atoms with Gasteiger partial charge < -0.3 is 14.8 Å². The van der Waals surface area contributed by atoms with Crippen LogP contribution in [0.5, 0.6) is 11.5 Å². The van der Waals surface area contributed by atoms with Gasteiger partial charge in [0.05, 0.1) is 19.2 Å². The summed E-state index contributed by atoms with van der Waals surface area (Å²) in [4.78, 5) is 0. The number of nitrogens with one attached hydrogen (secondary N) is 1. The number of rotatable bonds is 3. The van der Waals surface area contributed by atoms with Crippen molar-refractivity contribution in [2.75, 3.05) is 27.3 Å². The van der Waals surface area contributed by atoms with Gasteiger partial charge >= 0.3 is 0 Å². The Morgan fingerprint density at radius 1 is 1.39 bits per heavy atom. The molecule has 1 aliphatic rings. The first kappa shape index (κ1) is 13.4. The zero-order valence-corrected chi connectivity index (χ0v) is 11.3. The maximum Gasteiger partial charge on any atom is 0.167 e. The molecule has 0 aliphatic carbocycles. The molecule has 0 aromatic heterocycles. The van der Waals surface area contributed by atoms with Gasteiger partial charge in [-0.3, -0.25) is 0 Å². The molecule has 100 valence electrons. The highest BCUT2D eigenvalue weighted by molar-refractivity contribution is 6.31. The number of ether oxygens (including phenoxy) is 2. The molecule has 0 radical (unpaired) electrons. The average Bonchev–Trinajstić information content (AvgIpc) is 2.42. The van der Waals surface area contributed by atoms with Crippen LogP contribution in [0.25, 0.3) is 0 Å². The molecule has 0 bridgehead atoms. The highest BCUT2D eigenvalue weighted by Gasteiger charge is 2.27. The summed E-state index contributed by atoms with van der Waals surface area (Å²) in [7, 11) is 3.04. The Labute approximate surface area is 111 Å². The summed E-state index contributed by atoms with van der Waals surface area (Å²) in [6.07, 6.45) is 1.94. The lowest BCUT2D eigenvalue weighted by molar-refractivity contribution is 0.339. The third-order valence-electron chi connectivity index (χ3n) is 3.30. The van der Waals surface area contributed by atoms with E-state index < -0.39 is 5.82 Å². The molecule has 1 aliphatic heterocycles. The SMILES string of the molecule is COc1cc(Cl)c(F)c(C2CCCNC2)c1OC. The van der Waals surface area contributed by atoms with Crippen LogP contribution < -0.4 is 14.8 Å². The van der Waals surface area contributed by atoms with Crippen molar-refractivity contribution in [2.45, 2.75) is 18.8 Å². The fraction of sp³-hybridized carbons (Fsp3) is 0.538. The second kappa shape index (κ2) is 5.76. The van der Waals surface area contributed by atoms with Crippen LogP contribution >= 0.6 is 11.6 Å². The molecule has 3 nitrogen and oxygen atoms in total. The van der Waals surface area contributed by atoms with E-state index in [0.717, 1.165) is 25.9 Å². The molecule has 1 unspecified atom stereocenters. The molecule has 1 aromatic rings. The van der Waals surface area contributed by atoms with Crippen molar-refractivity contribution >= 4 is 11.6 Å². The van der Waals surface area contributed by atoms with Gasteiger partial charge in [0, 0.05) is 24.1 Å². The van der Waals surface area contributed by atoms with E-state index in [4.69, 9.17) is 21.1 Å². The number of halogens is 2. The van der Waals surface area contributed by atoms with Gasteiger partial charge in [-0.25, -0.2) is 4.39 Å². The molecule has 0 saturated carbocycles. The van der Waals surface area contributed by atoms with E-state index in [1.54, 1.807) is 0 Å². The molecule has 0 spiro atoms. The lowest BCUT2D eigenvalue weighted by Crippen LogP contribution is -2.29. The fourth-order valence-electron chi connectivity index (χ4n) is 2.43. The van der Waals surface area contributed by atoms with Crippen LogP contribution in [0.1, 0.15) is 24.3 Å². The number of hydrogen-bond acceptors (Lipinski definition) is 3. The molecular weight excluding hydrogens is 257 g/mol. The van der Waals surface area contributed by atoms with E-state index in [9.17, 15) is 4.39 Å². The van der Waals surface area contributed by atoms with E-state index >= 15 is 0 Å². The zero-order chi connectivity index (χ0) is 13.1. The summed E-state index contributed by atoms with van der Waals surface area (Å²) in [6.45, 7) is 1.70. The monoisotopic (exact) mass is 273 g/mol. The molecule has 0 amide bonds. The van der Waals surface area contributed by atoms with Crippen LogP contribution in [-0.2, 0) is 0 Å². The molecule has 1 atom stereocenters. The largest absolute Gasteiger partial charge is 0.493 e. The Hall–Kier alpha value is -1.00. The van der Waals surface area contributed by atoms with Gasteiger partial charge in [0.2, 0.25) is 0 Å². The standard InChI is InChI=1S/C13H17ClFNO2/c1-17-10-6-9(14)12(15)11(13(10)18-2)8-4-3-5-16-7-8/h6,8,16H,3-5,7H2,1-2H3. The van der Waals surface area contributed by atoms with Gasteiger partial charge in [0.25, 0.3) is 0 Å². The van der Waals surface area contributed by atoms with Gasteiger partial charge in [-0.1, -0.05) is 11.6 Å². The van der Waals surface area contributed by atoms with Gasteiger partial charge in [0.15, 0.2) is 11.5 Å². The quantitative estimate of drug-likeness (QED) is 0.918. The summed E-state index contributed by atoms with van der Waals surface area (Å²) < 4.78 is 24.8. The minimum absolute atomic E-state index is 0.0706. The Morgan fingerprint density at radius 2 is 2.17 bits per heavy atom. The van der Waals surface area contributed by atoms with Gasteiger partial charge in [-0.15, -0.1) is 0 Å². The highest BCUT2D eigenvalue weighted by Crippen LogP contribution is 2.42. The Kier molecular flexibility index (Phi) is 4.30. The maximum atomic E-state index is 14.3. The van der Waals surface area contributed by atoms with Crippen LogP contribution in [0.15, 0.2) is 6.07 Å². The van der Waals surface area contributed by atoms with Crippen molar-refractivity contribution in [3.05, 3.63) is 22.5 Å². The van der Waals surface area contributed by atoms with Crippen molar-refractivity contribution in [1.82, 2.24) is 5.32 Å². The minimum atomic E-state index is -0.400. The lowest BCUT2D eigenvalue weighted by Gasteiger charge is -2.26. The second-order valence-corrected chi connectivity index (χ2v) is 4.77. The average molecular weight is 274 g/mol. The molecule has 1 N–H and O–H groups in total. The van der Waals surface area contributed by atoms with Crippen molar-refractivity contribution in [1.29, 1.82) is 0 Å². The van der Waals surface area contributed by atoms with Gasteiger partial charge in [-0.2, -0.15) is 0 Å². The lowest BCUT2D eigenvalue weighted by atomic mass is 9.90. The van der Waals surface area contributed by atoms with Gasteiger partial charge in [0.1, 0.15) is 5.82 Å². The summed E-state index contributed by atoms with van der Waals surface area (Å²) in [5.41, 5.74) is 0.522. The van der Waals surface area contributed by atoms with E-state index in [2.05, 4.69) is 5.32 Å². The first-order chi connectivity index (χ1) is 8.69. The van der Waals surface area contributed by atoms with Crippen molar-refractivity contribution < 1.29 is 13.9 Å². The summed E-state index contributed by atoms with van der Waals surface area (Å²) in [5, 5.41) is 3.34. The third-order valence-corrected chi connectivity index (χ3v) is 3.58. The van der Waals surface area contributed by atoms with Crippen LogP contribution in [0.4, 0.5) is 4.39 Å². The zero-order valence-electron chi connectivity index (χ0n) is 10.6. The van der Waals surface area contributed by atoms with Crippen molar-refractivity contribution in [3.8, 4) is 11.5 Å². The van der Waals surface area contributed by atoms with Crippen molar-refractivity contribution in [3.63, 3.8) is 0 Å². The van der Waals surface area contributed by atoms with Crippen molar-refractivity contribution in [2.24, 2.45) is 0 Å². The Bertz CT molecular complexity index is 433. The van der Waals surface area contributed by atoms with Crippen LogP contribution in [0.3, 0.4) is 0 Å². The summed E-state index contributed by atoms with van der Waals surface area (Å²) >= 11 is 5.91. The Morgan fingerprint density at radius 3 is 2.72 bits per heavy atom. The molecule has 1 aromatic carbocycles. The Balaban J connectivity index is 2.51. The van der Waals surface area contributed by atoms with E-state index in [0.29, 0.717) is 17.1 Å². The van der Waals surface area contributed by atoms with Crippen LogP contribution in [-0.4, -0.2) is 27.3 Å². The van der Waals surface area contributed by atoms with E-state index in [1.807, 2.05) is 0 Å². The molecular formula is C13H17ClFNO2. The highest BCUT2D eigenvalue weighted by atomic mass is 35.5. The second-order valence-electron chi connectivity index (χ2n) is 4.36. The first-order valence-electron chi connectivity index (χ1n) is 5.99. The number of benzene rings is 1. The number of piperidine rings is 1. The first-order valence-corrected chi connectivity index (χ1v) is 6.37. The summed E-state index contributed by atoms with van der Waals surface area (Å²) in [6, 6.07) is 1.45. The summed E-state index contributed by atoms with van der Waals surface area (Å²) in [5.74, 6) is 0.599. The van der Waals surface area contributed by atoms with Crippen LogP contribution in [0.2, 0.25) is 5.02 Å². The smallest absolute Gasteiger partial charge is 0.167 e. The maximum absolute atomic E-state index is 14.3. The molecule has 1 saturated heterocycles. The topological polar surface area (TPSA) is 30.5 Å². The number of hydrogen-bond donors (Lipinski definition) is 1. The molecule has 1 fully saturated rings. The van der Waals surface area contributed by atoms with E-state index in [1.165, 1.54) is 20.3 Å². The van der Waals surface area contributed by atoms with Gasteiger partial charge in [-0.05, 0) is 19.4 Å². The minimum Gasteiger partial charge on any atom is -0.493 e. The third kappa shape index (κ3) is 2.40. The fourth-order valence-corrected chi connectivity index (χ4v) is 2.63. The number of methoxy groups -OCH3 is 2. The van der Waals surface area contributed by atoms with E-state index in [-0.39, 0.29) is 10.9 Å². The van der Waals surface area contributed by atoms with Crippen LogP contribution in [0, 0.1) is 5.82 Å². The molecule has 5 heteroatoms. The predicted octanol–water partition coefficient (Wildman–Crippen LogP) is 2.96.